The number of rotatable bonds is 3. The van der Waals surface area contributed by atoms with Crippen LogP contribution in [0.3, 0.4) is 0 Å². The van der Waals surface area contributed by atoms with Crippen LogP contribution in [0.25, 0.3) is 0 Å². The van der Waals surface area contributed by atoms with Crippen LogP contribution in [0.5, 0.6) is 5.75 Å². The van der Waals surface area contributed by atoms with E-state index in [9.17, 15) is 9.90 Å². The Morgan fingerprint density at radius 1 is 1.35 bits per heavy atom. The second kappa shape index (κ2) is 5.25. The number of phenols is 1. The van der Waals surface area contributed by atoms with Crippen LogP contribution in [-0.2, 0) is 11.8 Å². The Labute approximate surface area is 121 Å². The average molecular weight is 291 g/mol. The molecule has 0 atom stereocenters. The topological polar surface area (TPSA) is 70.4 Å². The van der Waals surface area contributed by atoms with Gasteiger partial charge in [-0.3, -0.25) is 0 Å². The minimum atomic E-state index is -1.05. The second-order valence-electron chi connectivity index (χ2n) is 5.70. The average Bonchev–Trinajstić information content (AvgIpc) is 2.80. The van der Waals surface area contributed by atoms with Gasteiger partial charge in [0.1, 0.15) is 5.75 Å². The maximum atomic E-state index is 10.8. The molecule has 0 amide bonds. The number of thiazole rings is 1. The number of phenolic OH excluding ortho intramolecular Hbond substituents is 1. The van der Waals surface area contributed by atoms with Crippen LogP contribution in [-0.4, -0.2) is 21.2 Å². The Hall–Kier alpha value is -1.88. The van der Waals surface area contributed by atoms with E-state index in [1.54, 1.807) is 17.4 Å². The van der Waals surface area contributed by atoms with Crippen molar-refractivity contribution in [1.29, 1.82) is 0 Å². The van der Waals surface area contributed by atoms with Crippen molar-refractivity contribution < 1.29 is 15.0 Å². The summed E-state index contributed by atoms with van der Waals surface area (Å²) in [6.07, 6.45) is 0.506. The van der Waals surface area contributed by atoms with Gasteiger partial charge < -0.3 is 10.2 Å². The zero-order valence-corrected chi connectivity index (χ0v) is 12.5. The number of carboxylic acid groups (broad SMARTS) is 1. The van der Waals surface area contributed by atoms with Crippen molar-refractivity contribution in [3.05, 3.63) is 45.4 Å². The van der Waals surface area contributed by atoms with E-state index in [1.807, 2.05) is 5.38 Å². The fourth-order valence-electron chi connectivity index (χ4n) is 1.75. The summed E-state index contributed by atoms with van der Waals surface area (Å²) in [6, 6.07) is 4.41. The van der Waals surface area contributed by atoms with Crippen LogP contribution >= 0.6 is 11.3 Å². The van der Waals surface area contributed by atoms with Gasteiger partial charge in [0, 0.05) is 22.8 Å². The number of aromatic hydroxyl groups is 1. The third-order valence-electron chi connectivity index (χ3n) is 2.99. The maximum Gasteiger partial charge on any atom is 0.335 e. The van der Waals surface area contributed by atoms with Gasteiger partial charge in [-0.05, 0) is 12.1 Å². The van der Waals surface area contributed by atoms with Crippen LogP contribution in [0.1, 0.15) is 47.4 Å². The predicted octanol–water partition coefficient (Wildman–Crippen LogP) is 3.44. The van der Waals surface area contributed by atoms with E-state index in [0.717, 1.165) is 10.7 Å². The normalized spacial score (nSPS) is 11.6. The summed E-state index contributed by atoms with van der Waals surface area (Å²) in [5, 5.41) is 21.7. The van der Waals surface area contributed by atoms with Crippen LogP contribution in [0, 0.1) is 0 Å². The summed E-state index contributed by atoms with van der Waals surface area (Å²) in [5.74, 6) is -1.05. The van der Waals surface area contributed by atoms with Crippen LogP contribution in [0.4, 0.5) is 0 Å². The van der Waals surface area contributed by atoms with Crippen molar-refractivity contribution in [1.82, 2.24) is 4.98 Å². The Balaban J connectivity index is 2.22. The third-order valence-corrected chi connectivity index (χ3v) is 3.84. The van der Waals surface area contributed by atoms with Crippen LogP contribution < -0.4 is 0 Å². The first-order valence-electron chi connectivity index (χ1n) is 6.27. The quantitative estimate of drug-likeness (QED) is 0.909. The fraction of sp³-hybridized carbons (Fsp3) is 0.333. The van der Waals surface area contributed by atoms with Crippen molar-refractivity contribution in [2.45, 2.75) is 32.6 Å². The summed E-state index contributed by atoms with van der Waals surface area (Å²) in [6.45, 7) is 6.31. The van der Waals surface area contributed by atoms with E-state index in [-0.39, 0.29) is 16.7 Å². The molecule has 0 saturated heterocycles. The first kappa shape index (κ1) is 14.5. The van der Waals surface area contributed by atoms with Crippen molar-refractivity contribution in [2.75, 3.05) is 0 Å². The molecule has 106 valence electrons. The molecule has 0 unspecified atom stereocenters. The largest absolute Gasteiger partial charge is 0.508 e. The van der Waals surface area contributed by atoms with Crippen molar-refractivity contribution >= 4 is 17.3 Å². The van der Waals surface area contributed by atoms with Crippen molar-refractivity contribution in [2.24, 2.45) is 0 Å². The number of benzene rings is 1. The van der Waals surface area contributed by atoms with E-state index in [0.29, 0.717) is 12.0 Å². The van der Waals surface area contributed by atoms with E-state index in [1.165, 1.54) is 12.1 Å². The molecule has 2 aromatic rings. The molecule has 1 aromatic heterocycles. The lowest BCUT2D eigenvalue weighted by molar-refractivity contribution is 0.0696. The molecule has 5 heteroatoms. The molecule has 0 spiro atoms. The first-order chi connectivity index (χ1) is 9.27. The minimum absolute atomic E-state index is 0.00240. The highest BCUT2D eigenvalue weighted by Crippen LogP contribution is 2.27. The molecule has 20 heavy (non-hydrogen) atoms. The number of nitrogens with zero attached hydrogens (tertiary/aromatic N) is 1. The number of aromatic nitrogens is 1. The number of hydrogen-bond acceptors (Lipinski definition) is 4. The van der Waals surface area contributed by atoms with Gasteiger partial charge in [0.2, 0.25) is 0 Å². The molecular formula is C15H17NO3S. The highest BCUT2D eigenvalue weighted by molar-refractivity contribution is 7.09. The summed E-state index contributed by atoms with van der Waals surface area (Å²) < 4.78 is 0. The molecule has 1 heterocycles. The molecular weight excluding hydrogens is 274 g/mol. The second-order valence-corrected chi connectivity index (χ2v) is 6.64. The van der Waals surface area contributed by atoms with Gasteiger partial charge in [0.05, 0.1) is 16.3 Å². The van der Waals surface area contributed by atoms with Gasteiger partial charge in [-0.2, -0.15) is 0 Å². The molecule has 0 fully saturated rings. The Morgan fingerprint density at radius 2 is 2.05 bits per heavy atom. The molecule has 4 nitrogen and oxygen atoms in total. The lowest BCUT2D eigenvalue weighted by Crippen LogP contribution is -2.11. The smallest absolute Gasteiger partial charge is 0.335 e. The summed E-state index contributed by atoms with van der Waals surface area (Å²) in [5.41, 5.74) is 1.80. The van der Waals surface area contributed by atoms with Gasteiger partial charge in [-0.1, -0.05) is 26.8 Å². The van der Waals surface area contributed by atoms with Gasteiger partial charge in [0.25, 0.3) is 0 Å². The predicted molar refractivity (Wildman–Crippen MR) is 78.7 cm³/mol. The van der Waals surface area contributed by atoms with Gasteiger partial charge >= 0.3 is 5.97 Å². The number of aromatic carboxylic acids is 1. The number of carboxylic acids is 1. The van der Waals surface area contributed by atoms with Gasteiger partial charge in [-0.25, -0.2) is 9.78 Å². The Bertz CT molecular complexity index is 641. The van der Waals surface area contributed by atoms with E-state index >= 15 is 0 Å². The molecule has 0 aliphatic heterocycles. The van der Waals surface area contributed by atoms with Crippen molar-refractivity contribution in [3.8, 4) is 5.75 Å². The third kappa shape index (κ3) is 3.17. The Kier molecular flexibility index (Phi) is 3.81. The minimum Gasteiger partial charge on any atom is -0.508 e. The zero-order chi connectivity index (χ0) is 14.9. The molecule has 0 radical (unpaired) electrons. The highest BCUT2D eigenvalue weighted by Gasteiger charge is 2.18. The van der Waals surface area contributed by atoms with Gasteiger partial charge in [-0.15, -0.1) is 11.3 Å². The molecule has 0 aliphatic rings. The summed E-state index contributed by atoms with van der Waals surface area (Å²) >= 11 is 1.55. The molecule has 2 rings (SSSR count). The van der Waals surface area contributed by atoms with Crippen LogP contribution in [0.15, 0.2) is 23.6 Å². The zero-order valence-electron chi connectivity index (χ0n) is 11.7. The van der Waals surface area contributed by atoms with Crippen LogP contribution in [0.2, 0.25) is 0 Å². The highest BCUT2D eigenvalue weighted by atomic mass is 32.1. The first-order valence-corrected chi connectivity index (χ1v) is 7.15. The van der Waals surface area contributed by atoms with Crippen molar-refractivity contribution in [3.63, 3.8) is 0 Å². The molecule has 1 aromatic carbocycles. The van der Waals surface area contributed by atoms with E-state index < -0.39 is 5.97 Å². The van der Waals surface area contributed by atoms with E-state index in [2.05, 4.69) is 25.8 Å². The number of carbonyl (C=O) groups is 1. The molecule has 0 aliphatic carbocycles. The maximum absolute atomic E-state index is 10.8. The lowest BCUT2D eigenvalue weighted by Gasteiger charge is -2.14. The number of hydrogen-bond donors (Lipinski definition) is 2. The standard InChI is InChI=1S/C15H17NO3S/c1-15(2,3)12-8-20-13(16-12)7-9-4-5-10(14(18)19)6-11(9)17/h4-6,8,17H,7H2,1-3H3,(H,18,19). The Morgan fingerprint density at radius 3 is 2.55 bits per heavy atom. The lowest BCUT2D eigenvalue weighted by atomic mass is 9.93. The monoisotopic (exact) mass is 291 g/mol. The summed E-state index contributed by atoms with van der Waals surface area (Å²) in [7, 11) is 0. The van der Waals surface area contributed by atoms with E-state index in [4.69, 9.17) is 5.11 Å². The summed E-state index contributed by atoms with van der Waals surface area (Å²) in [4.78, 5) is 15.4. The molecule has 2 N–H and O–H groups in total. The molecule has 0 bridgehead atoms. The fourth-order valence-corrected chi connectivity index (χ4v) is 2.79. The SMILES string of the molecule is CC(C)(C)c1csc(Cc2ccc(C(=O)O)cc2O)n1. The molecule has 0 saturated carbocycles. The van der Waals surface area contributed by atoms with Gasteiger partial charge in [0.15, 0.2) is 0 Å².